The van der Waals surface area contributed by atoms with Gasteiger partial charge in [-0.25, -0.2) is 0 Å². The molecule has 0 aromatic rings. The van der Waals surface area contributed by atoms with E-state index in [-0.39, 0.29) is 0 Å². The van der Waals surface area contributed by atoms with Crippen molar-refractivity contribution < 1.29 is 5.11 Å². The first-order valence-corrected chi connectivity index (χ1v) is 4.81. The zero-order valence-electron chi connectivity index (χ0n) is 8.16. The molecule has 1 aliphatic heterocycles. The Balaban J connectivity index is 2.32. The lowest BCUT2D eigenvalue weighted by molar-refractivity contribution is 0.0731. The van der Waals surface area contributed by atoms with Crippen molar-refractivity contribution in [3.05, 3.63) is 0 Å². The lowest BCUT2D eigenvalue weighted by Crippen LogP contribution is -2.49. The quantitative estimate of drug-likeness (QED) is 0.649. The van der Waals surface area contributed by atoms with Crippen molar-refractivity contribution in [1.82, 2.24) is 9.80 Å². The van der Waals surface area contributed by atoms with Crippen LogP contribution in [0.15, 0.2) is 0 Å². The van der Waals surface area contributed by atoms with Crippen LogP contribution >= 0.6 is 0 Å². The van der Waals surface area contributed by atoms with Gasteiger partial charge in [0.15, 0.2) is 0 Å². The number of piperazine rings is 1. The molecule has 0 aromatic heterocycles. The van der Waals surface area contributed by atoms with Crippen LogP contribution in [-0.2, 0) is 0 Å². The van der Waals surface area contributed by atoms with Crippen molar-refractivity contribution in [2.24, 2.45) is 0 Å². The minimum Gasteiger partial charge on any atom is -0.395 e. The molecule has 12 heavy (non-hydrogen) atoms. The van der Waals surface area contributed by atoms with Crippen molar-refractivity contribution in [2.75, 3.05) is 39.8 Å². The summed E-state index contributed by atoms with van der Waals surface area (Å²) in [6, 6.07) is 0.388. The molecule has 1 rings (SSSR count). The summed E-state index contributed by atoms with van der Waals surface area (Å²) in [5.74, 6) is 0. The number of hydrogen-bond acceptors (Lipinski definition) is 3. The predicted molar refractivity (Wildman–Crippen MR) is 50.2 cm³/mol. The van der Waals surface area contributed by atoms with Crippen LogP contribution in [0.1, 0.15) is 13.3 Å². The van der Waals surface area contributed by atoms with Crippen molar-refractivity contribution >= 4 is 0 Å². The Morgan fingerprint density at radius 1 is 1.25 bits per heavy atom. The van der Waals surface area contributed by atoms with Gasteiger partial charge in [0.1, 0.15) is 0 Å². The van der Waals surface area contributed by atoms with Gasteiger partial charge in [0, 0.05) is 32.2 Å². The molecular formula is C9H20N2O. The summed E-state index contributed by atoms with van der Waals surface area (Å²) in [5, 5.41) is 9.09. The highest BCUT2D eigenvalue weighted by Gasteiger charge is 2.19. The molecule has 1 N–H and O–H groups in total. The van der Waals surface area contributed by atoms with Gasteiger partial charge in [-0.05, 0) is 13.5 Å². The summed E-state index contributed by atoms with van der Waals surface area (Å²) in [7, 11) is 2.15. The fourth-order valence-electron chi connectivity index (χ4n) is 1.69. The first-order valence-electron chi connectivity index (χ1n) is 4.81. The molecule has 1 unspecified atom stereocenters. The Labute approximate surface area is 75.0 Å². The highest BCUT2D eigenvalue weighted by molar-refractivity contribution is 4.75. The maximum Gasteiger partial charge on any atom is 0.0586 e. The molecule has 3 nitrogen and oxygen atoms in total. The van der Waals surface area contributed by atoms with Gasteiger partial charge in [-0.2, -0.15) is 0 Å². The molecule has 1 saturated heterocycles. The SMILES string of the molecule is CCC(CO)N1CCN(C)CC1. The van der Waals surface area contributed by atoms with E-state index in [2.05, 4.69) is 23.8 Å². The summed E-state index contributed by atoms with van der Waals surface area (Å²) in [6.07, 6.45) is 1.06. The van der Waals surface area contributed by atoms with Crippen LogP contribution in [0.4, 0.5) is 0 Å². The summed E-state index contributed by atoms with van der Waals surface area (Å²) in [5.41, 5.74) is 0. The largest absolute Gasteiger partial charge is 0.395 e. The minimum absolute atomic E-state index is 0.306. The molecular weight excluding hydrogens is 152 g/mol. The topological polar surface area (TPSA) is 26.7 Å². The van der Waals surface area contributed by atoms with E-state index in [0.29, 0.717) is 12.6 Å². The number of likely N-dealkylation sites (N-methyl/N-ethyl adjacent to an activating group) is 1. The van der Waals surface area contributed by atoms with E-state index in [4.69, 9.17) is 5.11 Å². The number of nitrogens with zero attached hydrogens (tertiary/aromatic N) is 2. The van der Waals surface area contributed by atoms with Gasteiger partial charge in [-0.1, -0.05) is 6.92 Å². The van der Waals surface area contributed by atoms with Gasteiger partial charge in [0.05, 0.1) is 6.61 Å². The van der Waals surface area contributed by atoms with Crippen LogP contribution in [0.25, 0.3) is 0 Å². The summed E-state index contributed by atoms with van der Waals surface area (Å²) in [4.78, 5) is 4.72. The third-order valence-electron chi connectivity index (χ3n) is 2.74. The molecule has 1 aliphatic rings. The molecule has 0 bridgehead atoms. The number of hydrogen-bond donors (Lipinski definition) is 1. The van der Waals surface area contributed by atoms with Gasteiger partial charge in [-0.3, -0.25) is 4.90 Å². The highest BCUT2D eigenvalue weighted by atomic mass is 16.3. The fraction of sp³-hybridized carbons (Fsp3) is 1.00. The second kappa shape index (κ2) is 4.80. The second-order valence-electron chi connectivity index (χ2n) is 3.58. The van der Waals surface area contributed by atoms with E-state index < -0.39 is 0 Å². The second-order valence-corrected chi connectivity index (χ2v) is 3.58. The van der Waals surface area contributed by atoms with E-state index in [1.807, 2.05) is 0 Å². The molecule has 1 fully saturated rings. The summed E-state index contributed by atoms with van der Waals surface area (Å²) < 4.78 is 0. The Morgan fingerprint density at radius 2 is 1.83 bits per heavy atom. The Hall–Kier alpha value is -0.120. The lowest BCUT2D eigenvalue weighted by atomic mass is 10.2. The van der Waals surface area contributed by atoms with Crippen molar-refractivity contribution in [1.29, 1.82) is 0 Å². The Bertz CT molecular complexity index is 118. The molecule has 3 heteroatoms. The van der Waals surface area contributed by atoms with Crippen molar-refractivity contribution in [3.63, 3.8) is 0 Å². The van der Waals surface area contributed by atoms with Crippen LogP contribution in [0.2, 0.25) is 0 Å². The number of aliphatic hydroxyl groups is 1. The molecule has 0 aromatic carbocycles. The van der Waals surface area contributed by atoms with Crippen LogP contribution < -0.4 is 0 Å². The Morgan fingerprint density at radius 3 is 2.25 bits per heavy atom. The average Bonchev–Trinajstić information content (AvgIpc) is 2.10. The normalized spacial score (nSPS) is 24.2. The van der Waals surface area contributed by atoms with Crippen LogP contribution in [0.3, 0.4) is 0 Å². The van der Waals surface area contributed by atoms with Gasteiger partial charge in [-0.15, -0.1) is 0 Å². The van der Waals surface area contributed by atoms with Crippen LogP contribution in [0, 0.1) is 0 Å². The monoisotopic (exact) mass is 172 g/mol. The van der Waals surface area contributed by atoms with E-state index in [9.17, 15) is 0 Å². The first kappa shape index (κ1) is 9.96. The van der Waals surface area contributed by atoms with Crippen molar-refractivity contribution in [3.8, 4) is 0 Å². The summed E-state index contributed by atoms with van der Waals surface area (Å²) in [6.45, 7) is 6.93. The van der Waals surface area contributed by atoms with E-state index in [1.54, 1.807) is 0 Å². The molecule has 0 spiro atoms. The van der Waals surface area contributed by atoms with Gasteiger partial charge >= 0.3 is 0 Å². The third kappa shape index (κ3) is 2.44. The van der Waals surface area contributed by atoms with Gasteiger partial charge in [0.25, 0.3) is 0 Å². The number of aliphatic hydroxyl groups excluding tert-OH is 1. The lowest BCUT2D eigenvalue weighted by Gasteiger charge is -2.36. The molecule has 1 atom stereocenters. The molecule has 0 radical (unpaired) electrons. The smallest absolute Gasteiger partial charge is 0.0586 e. The zero-order chi connectivity index (χ0) is 8.97. The maximum absolute atomic E-state index is 9.09. The predicted octanol–water partition coefficient (Wildman–Crippen LogP) is 0.00470. The number of rotatable bonds is 3. The van der Waals surface area contributed by atoms with Crippen LogP contribution in [0.5, 0.6) is 0 Å². The molecule has 0 saturated carbocycles. The van der Waals surface area contributed by atoms with Gasteiger partial charge < -0.3 is 10.0 Å². The first-order chi connectivity index (χ1) is 5.77. The maximum atomic E-state index is 9.09. The van der Waals surface area contributed by atoms with Crippen LogP contribution in [-0.4, -0.2) is 60.8 Å². The van der Waals surface area contributed by atoms with Gasteiger partial charge in [0.2, 0.25) is 0 Å². The Kier molecular flexibility index (Phi) is 3.98. The van der Waals surface area contributed by atoms with Crippen molar-refractivity contribution in [2.45, 2.75) is 19.4 Å². The third-order valence-corrected chi connectivity index (χ3v) is 2.74. The molecule has 72 valence electrons. The molecule has 0 amide bonds. The van der Waals surface area contributed by atoms with E-state index in [1.165, 1.54) is 0 Å². The highest BCUT2D eigenvalue weighted by Crippen LogP contribution is 2.07. The molecule has 1 heterocycles. The zero-order valence-corrected chi connectivity index (χ0v) is 8.16. The minimum atomic E-state index is 0.306. The summed E-state index contributed by atoms with van der Waals surface area (Å²) >= 11 is 0. The molecule has 0 aliphatic carbocycles. The van der Waals surface area contributed by atoms with E-state index in [0.717, 1.165) is 32.6 Å². The fourth-order valence-corrected chi connectivity index (χ4v) is 1.69. The standard InChI is InChI=1S/C9H20N2O/c1-3-9(8-12)11-6-4-10(2)5-7-11/h9,12H,3-8H2,1-2H3. The average molecular weight is 172 g/mol. The van der Waals surface area contributed by atoms with E-state index >= 15 is 0 Å².